The molecule has 1 heterocycles. The first-order chi connectivity index (χ1) is 9.58. The zero-order valence-electron chi connectivity index (χ0n) is 10.6. The number of H-pyrrole nitrogens is 1. The van der Waals surface area contributed by atoms with E-state index in [1.54, 1.807) is 42.6 Å². The molecule has 0 aliphatic carbocycles. The van der Waals surface area contributed by atoms with Crippen LogP contribution in [0.2, 0.25) is 0 Å². The summed E-state index contributed by atoms with van der Waals surface area (Å²) in [5, 5.41) is 11.0. The lowest BCUT2D eigenvalue weighted by atomic mass is 9.99. The summed E-state index contributed by atoms with van der Waals surface area (Å²) in [4.78, 5) is 14.5. The van der Waals surface area contributed by atoms with Crippen molar-refractivity contribution in [1.82, 2.24) is 4.98 Å². The Kier molecular flexibility index (Phi) is 2.61. The molecular weight excluding hydrogens is 254 g/mol. The number of phenolic OH excluding ortho intramolecular Hbond substituents is 1. The topological polar surface area (TPSA) is 105 Å². The number of nitrogens with one attached hydrogen (secondary N) is 1. The highest BCUT2D eigenvalue weighted by Crippen LogP contribution is 2.34. The van der Waals surface area contributed by atoms with Gasteiger partial charge in [-0.2, -0.15) is 0 Å². The zero-order valence-corrected chi connectivity index (χ0v) is 10.6. The van der Waals surface area contributed by atoms with E-state index >= 15 is 0 Å². The molecule has 3 aromatic rings. The number of aromatic amines is 1. The number of aromatic hydroxyl groups is 1. The average Bonchev–Trinajstić information content (AvgIpc) is 2.43. The van der Waals surface area contributed by atoms with Gasteiger partial charge in [-0.05, 0) is 29.8 Å². The molecule has 2 aromatic carbocycles. The van der Waals surface area contributed by atoms with Crippen molar-refractivity contribution in [2.45, 2.75) is 0 Å². The normalized spacial score (nSPS) is 10.8. The maximum Gasteiger partial charge on any atom is 0.255 e. The monoisotopic (exact) mass is 267 g/mol. The van der Waals surface area contributed by atoms with E-state index in [1.807, 2.05) is 0 Å². The number of hydrogen-bond donors (Lipinski definition) is 4. The van der Waals surface area contributed by atoms with Crippen LogP contribution in [0, 0.1) is 0 Å². The summed E-state index contributed by atoms with van der Waals surface area (Å²) in [6, 6.07) is 10.1. The van der Waals surface area contributed by atoms with Crippen molar-refractivity contribution in [3.8, 4) is 16.9 Å². The molecule has 0 aliphatic heterocycles. The van der Waals surface area contributed by atoms with Crippen LogP contribution < -0.4 is 17.0 Å². The molecule has 0 bridgehead atoms. The van der Waals surface area contributed by atoms with Crippen LogP contribution >= 0.6 is 0 Å². The average molecular weight is 267 g/mol. The number of rotatable bonds is 1. The molecule has 6 N–H and O–H groups in total. The Hall–Kier alpha value is -2.95. The Balaban J connectivity index is 2.39. The second-order valence-corrected chi connectivity index (χ2v) is 4.57. The first-order valence-electron chi connectivity index (χ1n) is 6.06. The molecule has 1 aromatic heterocycles. The smallest absolute Gasteiger partial charge is 0.255 e. The van der Waals surface area contributed by atoms with E-state index < -0.39 is 0 Å². The standard InChI is InChI=1S/C15H13N3O2/c16-11-5-4-8(6-12(11)17)10-7-18-15(20)9-2-1-3-13(19)14(9)10/h1-7,19H,16-17H2,(H,18,20). The molecule has 100 valence electrons. The van der Waals surface area contributed by atoms with Crippen molar-refractivity contribution in [1.29, 1.82) is 0 Å². The molecule has 0 atom stereocenters. The minimum atomic E-state index is -0.247. The van der Waals surface area contributed by atoms with Gasteiger partial charge in [0.25, 0.3) is 5.56 Å². The van der Waals surface area contributed by atoms with E-state index in [9.17, 15) is 9.90 Å². The molecule has 20 heavy (non-hydrogen) atoms. The Morgan fingerprint density at radius 1 is 1.05 bits per heavy atom. The van der Waals surface area contributed by atoms with Crippen molar-refractivity contribution in [2.24, 2.45) is 0 Å². The fraction of sp³-hybridized carbons (Fsp3) is 0. The van der Waals surface area contributed by atoms with Gasteiger partial charge in [-0.25, -0.2) is 0 Å². The van der Waals surface area contributed by atoms with E-state index in [1.165, 1.54) is 0 Å². The maximum atomic E-state index is 11.8. The van der Waals surface area contributed by atoms with Crippen molar-refractivity contribution in [3.05, 3.63) is 52.9 Å². The van der Waals surface area contributed by atoms with E-state index in [2.05, 4.69) is 4.98 Å². The third-order valence-corrected chi connectivity index (χ3v) is 3.30. The summed E-state index contributed by atoms with van der Waals surface area (Å²) < 4.78 is 0. The van der Waals surface area contributed by atoms with Crippen molar-refractivity contribution in [2.75, 3.05) is 11.5 Å². The molecule has 0 spiro atoms. The quantitative estimate of drug-likeness (QED) is 0.506. The fourth-order valence-electron chi connectivity index (χ4n) is 2.27. The highest BCUT2D eigenvalue weighted by atomic mass is 16.3. The molecule has 0 saturated heterocycles. The van der Waals surface area contributed by atoms with Gasteiger partial charge in [0, 0.05) is 17.1 Å². The van der Waals surface area contributed by atoms with Gasteiger partial charge >= 0.3 is 0 Å². The second kappa shape index (κ2) is 4.31. The minimum absolute atomic E-state index is 0.0546. The SMILES string of the molecule is Nc1ccc(-c2c[nH]c(=O)c3cccc(O)c23)cc1N. The van der Waals surface area contributed by atoms with Crippen LogP contribution in [0.3, 0.4) is 0 Å². The van der Waals surface area contributed by atoms with E-state index in [0.29, 0.717) is 27.7 Å². The number of phenols is 1. The van der Waals surface area contributed by atoms with Gasteiger partial charge in [-0.15, -0.1) is 0 Å². The first-order valence-corrected chi connectivity index (χ1v) is 6.06. The number of benzene rings is 2. The minimum Gasteiger partial charge on any atom is -0.507 e. The Labute approximate surface area is 114 Å². The number of nitrogens with two attached hydrogens (primary N) is 2. The van der Waals surface area contributed by atoms with Crippen LogP contribution in [0.25, 0.3) is 21.9 Å². The summed E-state index contributed by atoms with van der Waals surface area (Å²) in [5.41, 5.74) is 13.7. The van der Waals surface area contributed by atoms with Crippen LogP contribution in [-0.2, 0) is 0 Å². The van der Waals surface area contributed by atoms with E-state index in [0.717, 1.165) is 5.56 Å². The molecular formula is C15H13N3O2. The van der Waals surface area contributed by atoms with Crippen molar-refractivity contribution >= 4 is 22.1 Å². The third-order valence-electron chi connectivity index (χ3n) is 3.30. The van der Waals surface area contributed by atoms with Crippen LogP contribution in [0.4, 0.5) is 11.4 Å². The maximum absolute atomic E-state index is 11.8. The number of anilines is 2. The molecule has 0 amide bonds. The molecule has 0 saturated carbocycles. The highest BCUT2D eigenvalue weighted by Gasteiger charge is 2.11. The number of fused-ring (bicyclic) bond motifs is 1. The van der Waals surface area contributed by atoms with Gasteiger partial charge in [0.2, 0.25) is 0 Å². The van der Waals surface area contributed by atoms with E-state index in [4.69, 9.17) is 11.5 Å². The van der Waals surface area contributed by atoms with Crippen LogP contribution in [0.15, 0.2) is 47.4 Å². The molecule has 0 unspecified atom stereocenters. The molecule has 0 aliphatic rings. The highest BCUT2D eigenvalue weighted by molar-refractivity contribution is 6.00. The molecule has 5 nitrogen and oxygen atoms in total. The van der Waals surface area contributed by atoms with Gasteiger partial charge in [0.15, 0.2) is 0 Å². The summed E-state index contributed by atoms with van der Waals surface area (Å²) in [6.07, 6.45) is 1.56. The lowest BCUT2D eigenvalue weighted by molar-refractivity contribution is 0.481. The fourth-order valence-corrected chi connectivity index (χ4v) is 2.27. The predicted molar refractivity (Wildman–Crippen MR) is 80.5 cm³/mol. The number of nitrogen functional groups attached to an aromatic ring is 2. The largest absolute Gasteiger partial charge is 0.507 e. The van der Waals surface area contributed by atoms with E-state index in [-0.39, 0.29) is 11.3 Å². The van der Waals surface area contributed by atoms with Gasteiger partial charge in [0.05, 0.1) is 16.8 Å². The third kappa shape index (κ3) is 1.76. The van der Waals surface area contributed by atoms with Gasteiger partial charge < -0.3 is 21.6 Å². The molecule has 0 fully saturated rings. The van der Waals surface area contributed by atoms with Crippen molar-refractivity contribution < 1.29 is 5.11 Å². The summed E-state index contributed by atoms with van der Waals surface area (Å²) in [7, 11) is 0. The molecule has 3 rings (SSSR count). The summed E-state index contributed by atoms with van der Waals surface area (Å²) in [6.45, 7) is 0. The van der Waals surface area contributed by atoms with Gasteiger partial charge in [-0.3, -0.25) is 4.79 Å². The molecule has 5 heteroatoms. The van der Waals surface area contributed by atoms with Crippen LogP contribution in [-0.4, -0.2) is 10.1 Å². The second-order valence-electron chi connectivity index (χ2n) is 4.57. The number of pyridine rings is 1. The van der Waals surface area contributed by atoms with Gasteiger partial charge in [-0.1, -0.05) is 12.1 Å². The number of aromatic nitrogens is 1. The predicted octanol–water partition coefficient (Wildman–Crippen LogP) is 2.07. The first kappa shape index (κ1) is 12.1. The van der Waals surface area contributed by atoms with Gasteiger partial charge in [0.1, 0.15) is 5.75 Å². The zero-order chi connectivity index (χ0) is 14.3. The van der Waals surface area contributed by atoms with Crippen LogP contribution in [0.5, 0.6) is 5.75 Å². The summed E-state index contributed by atoms with van der Waals surface area (Å²) >= 11 is 0. The Morgan fingerprint density at radius 2 is 1.85 bits per heavy atom. The Morgan fingerprint density at radius 3 is 2.60 bits per heavy atom. The lowest BCUT2D eigenvalue weighted by Crippen LogP contribution is -2.06. The van der Waals surface area contributed by atoms with Crippen molar-refractivity contribution in [3.63, 3.8) is 0 Å². The Bertz CT molecular complexity index is 869. The number of hydrogen-bond acceptors (Lipinski definition) is 4. The summed E-state index contributed by atoms with van der Waals surface area (Å²) in [5.74, 6) is 0.0546. The van der Waals surface area contributed by atoms with Crippen LogP contribution in [0.1, 0.15) is 0 Å². The molecule has 0 radical (unpaired) electrons. The lowest BCUT2D eigenvalue weighted by Gasteiger charge is -2.09.